The molecule has 1 rings (SSSR count). The van der Waals surface area contributed by atoms with E-state index in [4.69, 9.17) is 9.47 Å². The van der Waals surface area contributed by atoms with Gasteiger partial charge in [0.1, 0.15) is 0 Å². The highest BCUT2D eigenvalue weighted by molar-refractivity contribution is 5.79. The van der Waals surface area contributed by atoms with E-state index < -0.39 is 0 Å². The van der Waals surface area contributed by atoms with Crippen LogP contribution in [0.1, 0.15) is 40.0 Å². The molecule has 7 nitrogen and oxygen atoms in total. The summed E-state index contributed by atoms with van der Waals surface area (Å²) in [5.74, 6) is 1.29. The van der Waals surface area contributed by atoms with Crippen molar-refractivity contribution in [3.8, 4) is 0 Å². The van der Waals surface area contributed by atoms with Crippen molar-refractivity contribution in [2.45, 2.75) is 46.1 Å². The van der Waals surface area contributed by atoms with Crippen LogP contribution in [0.5, 0.6) is 0 Å². The number of rotatable bonds is 10. The van der Waals surface area contributed by atoms with Crippen molar-refractivity contribution in [3.05, 3.63) is 0 Å². The zero-order valence-electron chi connectivity index (χ0n) is 16.3. The number of morpholine rings is 1. The molecule has 1 aliphatic rings. The Morgan fingerprint density at radius 3 is 2.60 bits per heavy atom. The van der Waals surface area contributed by atoms with Crippen LogP contribution in [0.2, 0.25) is 0 Å². The van der Waals surface area contributed by atoms with Gasteiger partial charge in [-0.05, 0) is 25.7 Å². The van der Waals surface area contributed by atoms with Gasteiger partial charge in [-0.3, -0.25) is 14.7 Å². The number of carbonyl (C=O) groups excluding carboxylic acids is 1. The molecule has 146 valence electrons. The minimum atomic E-state index is -0.142. The third-order valence-electron chi connectivity index (χ3n) is 4.19. The second-order valence-electron chi connectivity index (χ2n) is 6.72. The SMILES string of the molecule is CCOC(=O)CCCNC(=NC)NCC(CC(C)C)N1CCOCC1. The maximum Gasteiger partial charge on any atom is 0.305 e. The summed E-state index contributed by atoms with van der Waals surface area (Å²) in [6.45, 7) is 11.9. The normalized spacial score (nSPS) is 17.4. The Hall–Kier alpha value is -1.34. The first-order valence-electron chi connectivity index (χ1n) is 9.48. The minimum Gasteiger partial charge on any atom is -0.466 e. The average molecular weight is 357 g/mol. The summed E-state index contributed by atoms with van der Waals surface area (Å²) < 4.78 is 10.4. The average Bonchev–Trinajstić information content (AvgIpc) is 2.60. The molecule has 0 aromatic rings. The first-order chi connectivity index (χ1) is 12.1. The summed E-state index contributed by atoms with van der Waals surface area (Å²) in [7, 11) is 1.77. The van der Waals surface area contributed by atoms with Crippen molar-refractivity contribution in [3.63, 3.8) is 0 Å². The minimum absolute atomic E-state index is 0.142. The quantitative estimate of drug-likeness (QED) is 0.265. The molecule has 1 fully saturated rings. The Labute approximate surface area is 152 Å². The lowest BCUT2D eigenvalue weighted by atomic mass is 10.0. The molecule has 1 saturated heterocycles. The number of carbonyl (C=O) groups is 1. The maximum atomic E-state index is 11.3. The van der Waals surface area contributed by atoms with Gasteiger partial charge in [-0.2, -0.15) is 0 Å². The van der Waals surface area contributed by atoms with Crippen molar-refractivity contribution in [1.82, 2.24) is 15.5 Å². The fourth-order valence-electron chi connectivity index (χ4n) is 2.96. The maximum absolute atomic E-state index is 11.3. The molecule has 1 aliphatic heterocycles. The molecular weight excluding hydrogens is 320 g/mol. The van der Waals surface area contributed by atoms with E-state index in [9.17, 15) is 4.79 Å². The number of hydrogen-bond acceptors (Lipinski definition) is 5. The van der Waals surface area contributed by atoms with Gasteiger partial charge in [0.15, 0.2) is 5.96 Å². The first kappa shape index (κ1) is 21.7. The van der Waals surface area contributed by atoms with Gasteiger partial charge < -0.3 is 20.1 Å². The summed E-state index contributed by atoms with van der Waals surface area (Å²) in [4.78, 5) is 18.1. The van der Waals surface area contributed by atoms with Gasteiger partial charge in [0.2, 0.25) is 0 Å². The molecule has 7 heteroatoms. The van der Waals surface area contributed by atoms with Crippen LogP contribution in [-0.2, 0) is 14.3 Å². The van der Waals surface area contributed by atoms with E-state index in [1.807, 2.05) is 6.92 Å². The second-order valence-corrected chi connectivity index (χ2v) is 6.72. The van der Waals surface area contributed by atoms with E-state index in [1.54, 1.807) is 7.05 Å². The van der Waals surface area contributed by atoms with E-state index >= 15 is 0 Å². The lowest BCUT2D eigenvalue weighted by molar-refractivity contribution is -0.143. The third kappa shape index (κ3) is 9.65. The standard InChI is InChI=1S/C18H36N4O3/c1-5-25-17(23)7-6-8-20-18(19-4)21-14-16(13-15(2)3)22-9-11-24-12-10-22/h15-16H,5-14H2,1-4H3,(H2,19,20,21). The van der Waals surface area contributed by atoms with Crippen LogP contribution in [-0.4, -0.2) is 75.9 Å². The molecule has 0 aromatic heterocycles. The van der Waals surface area contributed by atoms with Crippen LogP contribution in [0.4, 0.5) is 0 Å². The number of nitrogens with one attached hydrogen (secondary N) is 2. The summed E-state index contributed by atoms with van der Waals surface area (Å²) in [6, 6.07) is 0.474. The number of guanidine groups is 1. The topological polar surface area (TPSA) is 75.2 Å². The van der Waals surface area contributed by atoms with E-state index in [0.29, 0.717) is 31.5 Å². The molecule has 1 atom stereocenters. The predicted molar refractivity (Wildman–Crippen MR) is 101 cm³/mol. The first-order valence-corrected chi connectivity index (χ1v) is 9.48. The van der Waals surface area contributed by atoms with E-state index in [2.05, 4.69) is 34.4 Å². The van der Waals surface area contributed by atoms with Crippen LogP contribution in [0.3, 0.4) is 0 Å². The Kier molecular flexibility index (Phi) is 11.2. The third-order valence-corrected chi connectivity index (χ3v) is 4.19. The van der Waals surface area contributed by atoms with E-state index in [-0.39, 0.29) is 5.97 Å². The summed E-state index contributed by atoms with van der Waals surface area (Å²) in [5.41, 5.74) is 0. The summed E-state index contributed by atoms with van der Waals surface area (Å²) in [5, 5.41) is 6.69. The monoisotopic (exact) mass is 356 g/mol. The number of esters is 1. The number of ether oxygens (including phenoxy) is 2. The lowest BCUT2D eigenvalue weighted by Crippen LogP contribution is -2.51. The zero-order chi connectivity index (χ0) is 18.5. The Balaban J connectivity index is 2.34. The molecule has 0 amide bonds. The highest BCUT2D eigenvalue weighted by Gasteiger charge is 2.22. The van der Waals surface area contributed by atoms with Gasteiger partial charge in [0.25, 0.3) is 0 Å². The molecule has 1 heterocycles. The van der Waals surface area contributed by atoms with Crippen LogP contribution >= 0.6 is 0 Å². The van der Waals surface area contributed by atoms with Gasteiger partial charge in [0, 0.05) is 45.7 Å². The number of aliphatic imine (C=N–C) groups is 1. The van der Waals surface area contributed by atoms with Gasteiger partial charge >= 0.3 is 5.97 Å². The Morgan fingerprint density at radius 2 is 2.00 bits per heavy atom. The van der Waals surface area contributed by atoms with Crippen molar-refractivity contribution < 1.29 is 14.3 Å². The largest absolute Gasteiger partial charge is 0.466 e. The highest BCUT2D eigenvalue weighted by Crippen LogP contribution is 2.12. The molecule has 0 aliphatic carbocycles. The van der Waals surface area contributed by atoms with Crippen molar-refractivity contribution in [2.75, 3.05) is 53.0 Å². The van der Waals surface area contributed by atoms with Gasteiger partial charge in [0.05, 0.1) is 19.8 Å². The van der Waals surface area contributed by atoms with Crippen LogP contribution in [0.25, 0.3) is 0 Å². The molecular formula is C18H36N4O3. The zero-order valence-corrected chi connectivity index (χ0v) is 16.3. The summed E-state index contributed by atoms with van der Waals surface area (Å²) in [6.07, 6.45) is 2.31. The fraction of sp³-hybridized carbons (Fsp3) is 0.889. The van der Waals surface area contributed by atoms with Crippen molar-refractivity contribution in [1.29, 1.82) is 0 Å². The molecule has 1 unspecified atom stereocenters. The highest BCUT2D eigenvalue weighted by atomic mass is 16.5. The molecule has 2 N–H and O–H groups in total. The molecule has 0 radical (unpaired) electrons. The molecule has 0 spiro atoms. The van der Waals surface area contributed by atoms with E-state index in [1.165, 1.54) is 0 Å². The molecule has 25 heavy (non-hydrogen) atoms. The smallest absolute Gasteiger partial charge is 0.305 e. The van der Waals surface area contributed by atoms with E-state index in [0.717, 1.165) is 51.6 Å². The molecule has 0 aromatic carbocycles. The van der Waals surface area contributed by atoms with Crippen molar-refractivity contribution in [2.24, 2.45) is 10.9 Å². The van der Waals surface area contributed by atoms with Crippen molar-refractivity contribution >= 4 is 11.9 Å². The van der Waals surface area contributed by atoms with Gasteiger partial charge in [-0.15, -0.1) is 0 Å². The summed E-state index contributed by atoms with van der Waals surface area (Å²) >= 11 is 0. The number of nitrogens with zero attached hydrogens (tertiary/aromatic N) is 2. The predicted octanol–water partition coefficient (Wildman–Crippen LogP) is 1.24. The van der Waals surface area contributed by atoms with Gasteiger partial charge in [-0.1, -0.05) is 13.8 Å². The van der Waals surface area contributed by atoms with Gasteiger partial charge in [-0.25, -0.2) is 0 Å². The Morgan fingerprint density at radius 1 is 1.28 bits per heavy atom. The second kappa shape index (κ2) is 12.9. The Bertz CT molecular complexity index is 396. The number of hydrogen-bond donors (Lipinski definition) is 2. The van der Waals surface area contributed by atoms with Crippen LogP contribution in [0.15, 0.2) is 4.99 Å². The molecule has 0 saturated carbocycles. The fourth-order valence-corrected chi connectivity index (χ4v) is 2.96. The van der Waals surface area contributed by atoms with Crippen LogP contribution in [0, 0.1) is 5.92 Å². The van der Waals surface area contributed by atoms with Crippen LogP contribution < -0.4 is 10.6 Å². The molecule has 0 bridgehead atoms. The lowest BCUT2D eigenvalue weighted by Gasteiger charge is -2.35.